The normalized spacial score (nSPS) is 17.4. The maximum absolute atomic E-state index is 13.2. The molecule has 0 atom stereocenters. The average molecular weight is 691 g/mol. The van der Waals surface area contributed by atoms with Crippen LogP contribution in [0.3, 0.4) is 0 Å². The Balaban J connectivity index is 0.999. The van der Waals surface area contributed by atoms with Crippen LogP contribution in [0.25, 0.3) is 10.9 Å². The fourth-order valence-corrected chi connectivity index (χ4v) is 6.37. The van der Waals surface area contributed by atoms with Gasteiger partial charge in [-0.3, -0.25) is 34.1 Å². The second-order valence-electron chi connectivity index (χ2n) is 12.1. The molecule has 5 heterocycles. The first-order valence-corrected chi connectivity index (χ1v) is 15.7. The number of hydrogen-bond acceptors (Lipinski definition) is 9. The largest absolute Gasteiger partial charge is 0.494 e. The monoisotopic (exact) mass is 690 g/mol. The van der Waals surface area contributed by atoms with Crippen LogP contribution in [0.2, 0.25) is 0 Å². The zero-order chi connectivity index (χ0) is 35.3. The van der Waals surface area contributed by atoms with Crippen molar-refractivity contribution in [3.63, 3.8) is 0 Å². The number of halogens is 3. The topological polar surface area (TPSA) is 159 Å². The number of piperidine rings is 1. The first kappa shape index (κ1) is 32.7. The molecule has 2 aromatic carbocycles. The van der Waals surface area contributed by atoms with E-state index in [1.165, 1.54) is 13.2 Å². The standard InChI is InChI=1S/C33H29F3N8O6/c1-50-26-15-24-19(14-25(26)38-29(46)23-3-2-4-27(37-23)33(34,35)36)17-42(40-24)20-7-10-41(11-8-20)16-18-5-6-21-22(13-18)31(48)44(30(21)47)43-12-9-28(45)39-32(43)49/h2-6,13-15,17,20H,7-12,16H2,1H3,(H,38,46)(H,39,45,49). The fourth-order valence-electron chi connectivity index (χ4n) is 6.37. The molecule has 6 amide bonds. The average Bonchev–Trinajstić information content (AvgIpc) is 3.61. The molecule has 258 valence electrons. The third-order valence-electron chi connectivity index (χ3n) is 8.90. The molecule has 3 aliphatic heterocycles. The number of nitrogens with zero attached hydrogens (tertiary/aromatic N) is 6. The zero-order valence-electron chi connectivity index (χ0n) is 26.5. The van der Waals surface area contributed by atoms with Crippen LogP contribution >= 0.6 is 0 Å². The number of carbonyl (C=O) groups is 5. The maximum Gasteiger partial charge on any atom is 0.433 e. The van der Waals surface area contributed by atoms with Gasteiger partial charge in [-0.2, -0.15) is 23.3 Å². The molecule has 0 saturated carbocycles. The van der Waals surface area contributed by atoms with Gasteiger partial charge < -0.3 is 10.1 Å². The highest BCUT2D eigenvalue weighted by molar-refractivity contribution is 6.22. The van der Waals surface area contributed by atoms with Crippen LogP contribution in [0.4, 0.5) is 23.7 Å². The second-order valence-corrected chi connectivity index (χ2v) is 12.1. The first-order valence-electron chi connectivity index (χ1n) is 15.7. The van der Waals surface area contributed by atoms with Crippen molar-refractivity contribution in [3.8, 4) is 5.75 Å². The number of methoxy groups -OCH3 is 1. The van der Waals surface area contributed by atoms with Crippen LogP contribution in [0.1, 0.15) is 67.8 Å². The van der Waals surface area contributed by atoms with Crippen molar-refractivity contribution in [1.82, 2.24) is 35.0 Å². The lowest BCUT2D eigenvalue weighted by Gasteiger charge is -2.32. The van der Waals surface area contributed by atoms with E-state index in [0.717, 1.165) is 40.6 Å². The molecular formula is C33H29F3N8O6. The van der Waals surface area contributed by atoms with Crippen molar-refractivity contribution in [2.75, 3.05) is 32.1 Å². The van der Waals surface area contributed by atoms with Gasteiger partial charge in [-0.05, 0) is 48.7 Å². The molecule has 0 aliphatic carbocycles. The van der Waals surface area contributed by atoms with E-state index in [1.807, 2.05) is 10.9 Å². The molecule has 50 heavy (non-hydrogen) atoms. The first-order chi connectivity index (χ1) is 23.9. The highest BCUT2D eigenvalue weighted by Crippen LogP contribution is 2.33. The number of hydrazine groups is 1. The third kappa shape index (κ3) is 6.11. The Morgan fingerprint density at radius 1 is 1.00 bits per heavy atom. The van der Waals surface area contributed by atoms with Crippen molar-refractivity contribution >= 4 is 46.3 Å². The zero-order valence-corrected chi connectivity index (χ0v) is 26.5. The number of pyridine rings is 1. The molecule has 0 unspecified atom stereocenters. The van der Waals surface area contributed by atoms with Crippen LogP contribution in [-0.2, 0) is 17.5 Å². The molecule has 3 aliphatic rings. The Morgan fingerprint density at radius 2 is 1.76 bits per heavy atom. The van der Waals surface area contributed by atoms with Gasteiger partial charge in [0.25, 0.3) is 17.7 Å². The lowest BCUT2D eigenvalue weighted by atomic mass is 10.0. The van der Waals surface area contributed by atoms with Crippen molar-refractivity contribution in [1.29, 1.82) is 0 Å². The van der Waals surface area contributed by atoms with Gasteiger partial charge in [0.15, 0.2) is 0 Å². The number of imide groups is 2. The van der Waals surface area contributed by atoms with E-state index in [4.69, 9.17) is 9.84 Å². The number of urea groups is 1. The molecule has 2 N–H and O–H groups in total. The Bertz CT molecular complexity index is 2070. The number of aromatic nitrogens is 3. The number of likely N-dealkylation sites (tertiary alicyclic amines) is 1. The van der Waals surface area contributed by atoms with Crippen LogP contribution in [0, 0.1) is 0 Å². The van der Waals surface area contributed by atoms with Crippen LogP contribution in [0.15, 0.2) is 54.7 Å². The van der Waals surface area contributed by atoms with Crippen molar-refractivity contribution < 1.29 is 41.9 Å². The van der Waals surface area contributed by atoms with Crippen LogP contribution in [0.5, 0.6) is 5.75 Å². The van der Waals surface area contributed by atoms with Gasteiger partial charge in [0.2, 0.25) is 5.91 Å². The minimum atomic E-state index is -4.69. The van der Waals surface area contributed by atoms with Crippen LogP contribution in [-0.4, -0.2) is 86.1 Å². The summed E-state index contributed by atoms with van der Waals surface area (Å²) in [6.45, 7) is 1.89. The molecule has 2 saturated heterocycles. The summed E-state index contributed by atoms with van der Waals surface area (Å²) in [6.07, 6.45) is -1.35. The summed E-state index contributed by atoms with van der Waals surface area (Å²) in [6, 6.07) is 10.7. The van der Waals surface area contributed by atoms with E-state index in [9.17, 15) is 37.1 Å². The van der Waals surface area contributed by atoms with E-state index in [0.29, 0.717) is 30.5 Å². The summed E-state index contributed by atoms with van der Waals surface area (Å²) < 4.78 is 46.6. The van der Waals surface area contributed by atoms with Gasteiger partial charge in [-0.25, -0.2) is 14.8 Å². The predicted molar refractivity (Wildman–Crippen MR) is 169 cm³/mol. The van der Waals surface area contributed by atoms with Crippen LogP contribution < -0.4 is 15.4 Å². The summed E-state index contributed by atoms with van der Waals surface area (Å²) >= 11 is 0. The van der Waals surface area contributed by atoms with Gasteiger partial charge in [0.05, 0.1) is 42.0 Å². The molecular weight excluding hydrogens is 661 g/mol. The van der Waals surface area contributed by atoms with Gasteiger partial charge in [-0.1, -0.05) is 12.1 Å². The summed E-state index contributed by atoms with van der Waals surface area (Å²) in [5.41, 5.74) is 0.527. The number of amides is 6. The Kier molecular flexibility index (Phi) is 8.21. The number of rotatable bonds is 7. The predicted octanol–water partition coefficient (Wildman–Crippen LogP) is 4.00. The second kappa shape index (κ2) is 12.6. The number of hydrogen-bond donors (Lipinski definition) is 2. The molecule has 0 spiro atoms. The Hall–Kier alpha value is -5.84. The van der Waals surface area contributed by atoms with E-state index in [2.05, 4.69) is 20.5 Å². The fraction of sp³-hybridized carbons (Fsp3) is 0.303. The number of fused-ring (bicyclic) bond motifs is 2. The summed E-state index contributed by atoms with van der Waals surface area (Å²) in [5, 5.41) is 11.9. The van der Waals surface area contributed by atoms with E-state index in [1.54, 1.807) is 30.3 Å². The Morgan fingerprint density at radius 3 is 2.48 bits per heavy atom. The molecule has 0 bridgehead atoms. The number of carbonyl (C=O) groups excluding carboxylic acids is 5. The minimum Gasteiger partial charge on any atom is -0.494 e. The quantitative estimate of drug-likeness (QED) is 0.274. The smallest absolute Gasteiger partial charge is 0.433 e. The molecule has 2 fully saturated rings. The Labute approximate surface area is 281 Å². The lowest BCUT2D eigenvalue weighted by molar-refractivity contribution is -0.141. The highest BCUT2D eigenvalue weighted by Gasteiger charge is 2.43. The van der Waals surface area contributed by atoms with Gasteiger partial charge >= 0.3 is 12.2 Å². The maximum atomic E-state index is 13.2. The van der Waals surface area contributed by atoms with E-state index < -0.39 is 47.2 Å². The number of alkyl halides is 3. The summed E-state index contributed by atoms with van der Waals surface area (Å²) in [4.78, 5) is 68.5. The number of benzene rings is 2. The number of ether oxygens (including phenoxy) is 1. The summed E-state index contributed by atoms with van der Waals surface area (Å²) in [5.74, 6) is -2.24. The molecule has 14 nitrogen and oxygen atoms in total. The van der Waals surface area contributed by atoms with Gasteiger partial charge in [0, 0.05) is 43.7 Å². The molecule has 0 radical (unpaired) electrons. The third-order valence-corrected chi connectivity index (χ3v) is 8.90. The number of nitrogens with one attached hydrogen (secondary N) is 2. The summed E-state index contributed by atoms with van der Waals surface area (Å²) in [7, 11) is 1.41. The molecule has 2 aromatic heterocycles. The molecule has 4 aromatic rings. The highest BCUT2D eigenvalue weighted by atomic mass is 19.4. The van der Waals surface area contributed by atoms with E-state index >= 15 is 0 Å². The van der Waals surface area contributed by atoms with Crippen molar-refractivity contribution in [2.24, 2.45) is 0 Å². The SMILES string of the molecule is COc1cc2nn(C3CCN(Cc4ccc5c(c4)C(=O)N(N4CCC(=O)NC4=O)C5=O)CC3)cc2cc1NC(=O)c1cccc(C(F)(F)F)n1. The van der Waals surface area contributed by atoms with Gasteiger partial charge in [0.1, 0.15) is 17.1 Å². The molecule has 7 rings (SSSR count). The molecule has 17 heteroatoms. The van der Waals surface area contributed by atoms with Crippen molar-refractivity contribution in [2.45, 2.75) is 38.0 Å². The number of anilines is 1. The minimum absolute atomic E-state index is 0.0212. The lowest BCUT2D eigenvalue weighted by Crippen LogP contribution is -2.58. The van der Waals surface area contributed by atoms with Gasteiger partial charge in [-0.15, -0.1) is 0 Å². The van der Waals surface area contributed by atoms with Crippen molar-refractivity contribution in [3.05, 3.63) is 82.8 Å². The van der Waals surface area contributed by atoms with E-state index in [-0.39, 0.29) is 41.6 Å².